The number of ether oxygens (including phenoxy) is 2. The van der Waals surface area contributed by atoms with Crippen LogP contribution in [0, 0.1) is 0 Å². The number of nitrogens with zero attached hydrogens (tertiary/aromatic N) is 1. The van der Waals surface area contributed by atoms with Gasteiger partial charge in [0.2, 0.25) is 5.91 Å². The zero-order valence-electron chi connectivity index (χ0n) is 15.6. The Bertz CT molecular complexity index is 840. The summed E-state index contributed by atoms with van der Waals surface area (Å²) >= 11 is 3.37. The Hall–Kier alpha value is -2.74. The van der Waals surface area contributed by atoms with E-state index in [1.54, 1.807) is 7.05 Å². The van der Waals surface area contributed by atoms with E-state index < -0.39 is 0 Å². The van der Waals surface area contributed by atoms with E-state index in [0.29, 0.717) is 37.9 Å². The van der Waals surface area contributed by atoms with Gasteiger partial charge in [-0.15, -0.1) is 0 Å². The molecule has 0 bridgehead atoms. The van der Waals surface area contributed by atoms with Gasteiger partial charge in [-0.1, -0.05) is 15.9 Å². The first-order chi connectivity index (χ1) is 13.6. The van der Waals surface area contributed by atoms with Gasteiger partial charge in [0.25, 0.3) is 0 Å². The minimum absolute atomic E-state index is 0.0687. The van der Waals surface area contributed by atoms with Crippen LogP contribution in [-0.2, 0) is 4.79 Å². The fraction of sp³-hybridized carbons (Fsp3) is 0.300. The van der Waals surface area contributed by atoms with Gasteiger partial charge in [0.05, 0.1) is 13.2 Å². The summed E-state index contributed by atoms with van der Waals surface area (Å²) in [5.74, 6) is 1.97. The van der Waals surface area contributed by atoms with Crippen LogP contribution >= 0.6 is 15.9 Å². The summed E-state index contributed by atoms with van der Waals surface area (Å²) < 4.78 is 12.3. The van der Waals surface area contributed by atoms with Crippen molar-refractivity contribution in [2.24, 2.45) is 4.99 Å². The molecule has 3 rings (SSSR count). The van der Waals surface area contributed by atoms with Gasteiger partial charge in [0.15, 0.2) is 17.5 Å². The third-order valence-electron chi connectivity index (χ3n) is 4.01. The number of carbonyl (C=O) groups excluding carboxylic acids is 1. The number of guanidine groups is 1. The maximum Gasteiger partial charge on any atom is 0.226 e. The second-order valence-corrected chi connectivity index (χ2v) is 7.06. The van der Waals surface area contributed by atoms with E-state index in [0.717, 1.165) is 28.0 Å². The summed E-state index contributed by atoms with van der Waals surface area (Å²) in [5.41, 5.74) is 1.60. The number of hydrogen-bond acceptors (Lipinski definition) is 4. The Morgan fingerprint density at radius 3 is 2.50 bits per heavy atom. The maximum atomic E-state index is 12.1. The second-order valence-electron chi connectivity index (χ2n) is 6.14. The molecular formula is C20H23BrN4O3. The summed E-state index contributed by atoms with van der Waals surface area (Å²) in [5, 5.41) is 9.19. The third kappa shape index (κ3) is 5.88. The number of halogens is 1. The SMILES string of the molecule is CN=C(NCCC(=O)Nc1ccc(Br)cc1)Nc1ccc2c(c1)OCCCO2. The molecule has 148 valence electrons. The lowest BCUT2D eigenvalue weighted by atomic mass is 10.2. The van der Waals surface area contributed by atoms with Crippen molar-refractivity contribution < 1.29 is 14.3 Å². The summed E-state index contributed by atoms with van der Waals surface area (Å²) in [6, 6.07) is 13.1. The van der Waals surface area contributed by atoms with Gasteiger partial charge in [0.1, 0.15) is 0 Å². The number of hydrogen-bond donors (Lipinski definition) is 3. The minimum atomic E-state index is -0.0687. The summed E-state index contributed by atoms with van der Waals surface area (Å²) in [6.07, 6.45) is 1.18. The number of anilines is 2. The third-order valence-corrected chi connectivity index (χ3v) is 4.54. The number of benzene rings is 2. The highest BCUT2D eigenvalue weighted by Gasteiger charge is 2.11. The van der Waals surface area contributed by atoms with E-state index in [2.05, 4.69) is 36.9 Å². The summed E-state index contributed by atoms with van der Waals surface area (Å²) in [4.78, 5) is 16.3. The monoisotopic (exact) mass is 446 g/mol. The fourth-order valence-electron chi connectivity index (χ4n) is 2.61. The Kier molecular flexibility index (Phi) is 7.13. The average molecular weight is 447 g/mol. The van der Waals surface area contributed by atoms with Crippen molar-refractivity contribution in [1.29, 1.82) is 0 Å². The predicted octanol–water partition coefficient (Wildman–Crippen LogP) is 3.63. The zero-order valence-corrected chi connectivity index (χ0v) is 17.2. The molecule has 2 aromatic carbocycles. The maximum absolute atomic E-state index is 12.1. The predicted molar refractivity (Wildman–Crippen MR) is 114 cm³/mol. The van der Waals surface area contributed by atoms with Crippen LogP contribution in [0.5, 0.6) is 11.5 Å². The molecule has 0 saturated carbocycles. The number of carbonyl (C=O) groups is 1. The van der Waals surface area contributed by atoms with E-state index in [9.17, 15) is 4.79 Å². The average Bonchev–Trinajstić information content (AvgIpc) is 2.94. The molecule has 1 aliphatic heterocycles. The van der Waals surface area contributed by atoms with E-state index in [4.69, 9.17) is 9.47 Å². The van der Waals surface area contributed by atoms with Crippen LogP contribution in [0.3, 0.4) is 0 Å². The van der Waals surface area contributed by atoms with Crippen molar-refractivity contribution in [3.8, 4) is 11.5 Å². The van der Waals surface area contributed by atoms with Crippen LogP contribution in [0.4, 0.5) is 11.4 Å². The molecule has 0 radical (unpaired) electrons. The smallest absolute Gasteiger partial charge is 0.226 e. The molecule has 0 atom stereocenters. The van der Waals surface area contributed by atoms with Crippen LogP contribution < -0.4 is 25.4 Å². The Morgan fingerprint density at radius 1 is 1.04 bits per heavy atom. The van der Waals surface area contributed by atoms with Crippen LogP contribution in [-0.4, -0.2) is 38.7 Å². The normalized spacial score (nSPS) is 13.4. The molecular weight excluding hydrogens is 424 g/mol. The van der Waals surface area contributed by atoms with Crippen molar-refractivity contribution >= 4 is 39.2 Å². The van der Waals surface area contributed by atoms with Crippen LogP contribution in [0.25, 0.3) is 0 Å². The quantitative estimate of drug-likeness (QED) is 0.482. The van der Waals surface area contributed by atoms with Gasteiger partial charge < -0.3 is 25.4 Å². The zero-order chi connectivity index (χ0) is 19.8. The highest BCUT2D eigenvalue weighted by Crippen LogP contribution is 2.32. The molecule has 3 N–H and O–H groups in total. The highest BCUT2D eigenvalue weighted by atomic mass is 79.9. The first kappa shape index (κ1) is 20.0. The molecule has 7 nitrogen and oxygen atoms in total. The van der Waals surface area contributed by atoms with Gasteiger partial charge >= 0.3 is 0 Å². The van der Waals surface area contributed by atoms with Gasteiger partial charge in [-0.3, -0.25) is 9.79 Å². The largest absolute Gasteiger partial charge is 0.490 e. The first-order valence-electron chi connectivity index (χ1n) is 9.07. The molecule has 8 heteroatoms. The number of fused-ring (bicyclic) bond motifs is 1. The lowest BCUT2D eigenvalue weighted by Crippen LogP contribution is -2.33. The Balaban J connectivity index is 1.47. The van der Waals surface area contributed by atoms with Gasteiger partial charge in [-0.2, -0.15) is 0 Å². The minimum Gasteiger partial charge on any atom is -0.490 e. The number of aliphatic imine (C=N–C) groups is 1. The van der Waals surface area contributed by atoms with Crippen molar-refractivity contribution in [3.63, 3.8) is 0 Å². The lowest BCUT2D eigenvalue weighted by Gasteiger charge is -2.14. The van der Waals surface area contributed by atoms with Crippen LogP contribution in [0.1, 0.15) is 12.8 Å². The summed E-state index contributed by atoms with van der Waals surface area (Å²) in [6.45, 7) is 1.74. The lowest BCUT2D eigenvalue weighted by molar-refractivity contribution is -0.116. The molecule has 0 aliphatic carbocycles. The molecule has 28 heavy (non-hydrogen) atoms. The van der Waals surface area contributed by atoms with E-state index in [1.807, 2.05) is 42.5 Å². The topological polar surface area (TPSA) is 84.0 Å². The number of rotatable bonds is 5. The van der Waals surface area contributed by atoms with Crippen molar-refractivity contribution in [2.45, 2.75) is 12.8 Å². The Labute approximate surface area is 172 Å². The van der Waals surface area contributed by atoms with Gasteiger partial charge in [-0.25, -0.2) is 0 Å². The first-order valence-corrected chi connectivity index (χ1v) is 9.86. The Morgan fingerprint density at radius 2 is 1.75 bits per heavy atom. The molecule has 0 saturated heterocycles. The molecule has 0 fully saturated rings. The van der Waals surface area contributed by atoms with Crippen LogP contribution in [0.15, 0.2) is 51.9 Å². The highest BCUT2D eigenvalue weighted by molar-refractivity contribution is 9.10. The molecule has 1 heterocycles. The van der Waals surface area contributed by atoms with Crippen molar-refractivity contribution in [1.82, 2.24) is 5.32 Å². The van der Waals surface area contributed by atoms with E-state index in [-0.39, 0.29) is 5.91 Å². The molecule has 1 aliphatic rings. The van der Waals surface area contributed by atoms with Crippen molar-refractivity contribution in [2.75, 3.05) is 37.4 Å². The van der Waals surface area contributed by atoms with Crippen molar-refractivity contribution in [3.05, 3.63) is 46.9 Å². The fourth-order valence-corrected chi connectivity index (χ4v) is 2.87. The standard InChI is InChI=1S/C20H23BrN4O3/c1-22-20(23-10-9-19(26)24-15-5-3-14(21)4-6-15)25-16-7-8-17-18(13-16)28-12-2-11-27-17/h3-8,13H,2,9-12H2,1H3,(H,24,26)(H2,22,23,25). The number of amides is 1. The molecule has 0 aromatic heterocycles. The van der Waals surface area contributed by atoms with Crippen LogP contribution in [0.2, 0.25) is 0 Å². The second kappa shape index (κ2) is 9.98. The molecule has 0 unspecified atom stereocenters. The van der Waals surface area contributed by atoms with E-state index in [1.165, 1.54) is 0 Å². The van der Waals surface area contributed by atoms with Gasteiger partial charge in [0, 0.05) is 48.3 Å². The molecule has 2 aromatic rings. The number of nitrogens with one attached hydrogen (secondary N) is 3. The molecule has 0 spiro atoms. The molecule has 1 amide bonds. The van der Waals surface area contributed by atoms with Gasteiger partial charge in [-0.05, 0) is 36.4 Å². The van der Waals surface area contributed by atoms with E-state index >= 15 is 0 Å². The summed E-state index contributed by atoms with van der Waals surface area (Å²) in [7, 11) is 1.68.